The maximum atomic E-state index is 12.9. The van der Waals surface area contributed by atoms with E-state index in [2.05, 4.69) is 20.7 Å². The van der Waals surface area contributed by atoms with Crippen molar-refractivity contribution in [2.45, 2.75) is 23.9 Å². The van der Waals surface area contributed by atoms with Crippen molar-refractivity contribution in [2.24, 2.45) is 0 Å². The van der Waals surface area contributed by atoms with Crippen LogP contribution in [0.2, 0.25) is 0 Å². The maximum Gasteiger partial charge on any atom is 0.416 e. The molecule has 0 fully saturated rings. The maximum absolute atomic E-state index is 12.9. The number of carbonyl (C=O) groups excluding carboxylic acids is 1. The molecule has 0 saturated heterocycles. The highest BCUT2D eigenvalue weighted by Gasteiger charge is 2.30. The Morgan fingerprint density at radius 2 is 1.61 bits per heavy atom. The highest BCUT2D eigenvalue weighted by molar-refractivity contribution is 9.10. The van der Waals surface area contributed by atoms with Gasteiger partial charge in [0.1, 0.15) is 5.78 Å². The molecule has 162 valence electrons. The molecule has 0 spiro atoms. The molecule has 0 bridgehead atoms. The van der Waals surface area contributed by atoms with Gasteiger partial charge in [0.25, 0.3) is 10.0 Å². The lowest BCUT2D eigenvalue weighted by Gasteiger charge is -2.11. The van der Waals surface area contributed by atoms with Gasteiger partial charge in [-0.05, 0) is 47.5 Å². The van der Waals surface area contributed by atoms with Crippen LogP contribution >= 0.6 is 15.9 Å². The number of hydrogen-bond acceptors (Lipinski definition) is 3. The molecule has 0 aliphatic rings. The quantitative estimate of drug-likeness (QED) is 0.447. The lowest BCUT2D eigenvalue weighted by Crippen LogP contribution is -2.14. The van der Waals surface area contributed by atoms with Gasteiger partial charge in [-0.25, -0.2) is 8.42 Å². The van der Waals surface area contributed by atoms with E-state index >= 15 is 0 Å². The predicted molar refractivity (Wildman–Crippen MR) is 115 cm³/mol. The topological polar surface area (TPSA) is 63.2 Å². The fourth-order valence-corrected chi connectivity index (χ4v) is 4.43. The molecular formula is C22H17BrF3NO3S. The minimum absolute atomic E-state index is 0.0265. The Morgan fingerprint density at radius 3 is 2.29 bits per heavy atom. The van der Waals surface area contributed by atoms with Crippen LogP contribution in [0.1, 0.15) is 16.7 Å². The Labute approximate surface area is 186 Å². The van der Waals surface area contributed by atoms with E-state index in [9.17, 15) is 26.4 Å². The Balaban J connectivity index is 1.77. The summed E-state index contributed by atoms with van der Waals surface area (Å²) in [5.41, 5.74) is 0.241. The van der Waals surface area contributed by atoms with Crippen LogP contribution in [0.5, 0.6) is 0 Å². The van der Waals surface area contributed by atoms with E-state index in [1.165, 1.54) is 30.3 Å². The summed E-state index contributed by atoms with van der Waals surface area (Å²) in [5.74, 6) is -0.342. The molecule has 31 heavy (non-hydrogen) atoms. The second kappa shape index (κ2) is 9.23. The van der Waals surface area contributed by atoms with Gasteiger partial charge in [0.05, 0.1) is 10.5 Å². The van der Waals surface area contributed by atoms with Crippen molar-refractivity contribution < 1.29 is 26.4 Å². The first kappa shape index (κ1) is 23.0. The van der Waals surface area contributed by atoms with Crippen LogP contribution in [0.15, 0.2) is 82.2 Å². The molecule has 0 atom stereocenters. The van der Waals surface area contributed by atoms with E-state index in [0.29, 0.717) is 15.7 Å². The Morgan fingerprint density at radius 1 is 0.903 bits per heavy atom. The first-order chi connectivity index (χ1) is 14.5. The lowest BCUT2D eigenvalue weighted by molar-refractivity contribution is -0.137. The summed E-state index contributed by atoms with van der Waals surface area (Å²) in [5, 5.41) is 0. The third-order valence-electron chi connectivity index (χ3n) is 4.40. The van der Waals surface area contributed by atoms with Crippen LogP contribution in [-0.2, 0) is 33.8 Å². The molecule has 4 nitrogen and oxygen atoms in total. The second-order valence-electron chi connectivity index (χ2n) is 6.82. The van der Waals surface area contributed by atoms with Crippen LogP contribution < -0.4 is 4.72 Å². The number of sulfonamides is 1. The van der Waals surface area contributed by atoms with Crippen LogP contribution in [0.4, 0.5) is 18.9 Å². The van der Waals surface area contributed by atoms with Gasteiger partial charge in [-0.15, -0.1) is 0 Å². The van der Waals surface area contributed by atoms with Crippen molar-refractivity contribution in [2.75, 3.05) is 4.72 Å². The number of Topliss-reactive ketones (excluding diaryl/α,β-unsaturated/α-hetero) is 1. The van der Waals surface area contributed by atoms with Gasteiger partial charge >= 0.3 is 6.18 Å². The molecule has 0 radical (unpaired) electrons. The second-order valence-corrected chi connectivity index (χ2v) is 9.35. The molecule has 9 heteroatoms. The predicted octanol–water partition coefficient (Wildman–Crippen LogP) is 5.62. The number of carbonyl (C=O) groups is 1. The van der Waals surface area contributed by atoms with E-state index in [-0.39, 0.29) is 29.1 Å². The van der Waals surface area contributed by atoms with Gasteiger partial charge in [-0.2, -0.15) is 13.2 Å². The van der Waals surface area contributed by atoms with Crippen molar-refractivity contribution in [3.63, 3.8) is 0 Å². The van der Waals surface area contributed by atoms with Crippen molar-refractivity contribution in [1.29, 1.82) is 0 Å². The molecular weight excluding hydrogens is 495 g/mol. The van der Waals surface area contributed by atoms with Gasteiger partial charge in [0, 0.05) is 23.0 Å². The number of halogens is 4. The van der Waals surface area contributed by atoms with E-state index in [4.69, 9.17) is 0 Å². The number of anilines is 1. The van der Waals surface area contributed by atoms with Gasteiger partial charge in [0.15, 0.2) is 0 Å². The Kier molecular flexibility index (Phi) is 6.86. The van der Waals surface area contributed by atoms with E-state index in [0.717, 1.165) is 12.1 Å². The van der Waals surface area contributed by atoms with Gasteiger partial charge in [0.2, 0.25) is 0 Å². The summed E-state index contributed by atoms with van der Waals surface area (Å²) in [4.78, 5) is 12.5. The lowest BCUT2D eigenvalue weighted by atomic mass is 10.0. The third kappa shape index (κ3) is 6.18. The number of benzene rings is 3. The number of rotatable bonds is 7. The molecule has 3 aromatic rings. The average Bonchev–Trinajstić information content (AvgIpc) is 2.69. The fourth-order valence-electron chi connectivity index (χ4n) is 2.93. The Hall–Kier alpha value is -2.65. The van der Waals surface area contributed by atoms with Crippen molar-refractivity contribution in [3.8, 4) is 0 Å². The zero-order valence-electron chi connectivity index (χ0n) is 16.0. The minimum Gasteiger partial charge on any atom is -0.299 e. The highest BCUT2D eigenvalue weighted by Crippen LogP contribution is 2.30. The third-order valence-corrected chi connectivity index (χ3v) is 6.55. The number of nitrogens with one attached hydrogen (secondary N) is 1. The molecule has 3 aromatic carbocycles. The van der Waals surface area contributed by atoms with Crippen LogP contribution in [0.3, 0.4) is 0 Å². The largest absolute Gasteiger partial charge is 0.416 e. The van der Waals surface area contributed by atoms with Crippen molar-refractivity contribution >= 4 is 37.4 Å². The van der Waals surface area contributed by atoms with Gasteiger partial charge in [-0.1, -0.05) is 52.3 Å². The SMILES string of the molecule is O=C(Cc1cccc(C(F)(F)F)c1)Cc1cc(S(=O)(=O)Nc2ccccc2)ccc1Br. The minimum atomic E-state index is -4.49. The zero-order valence-corrected chi connectivity index (χ0v) is 18.4. The average molecular weight is 512 g/mol. The summed E-state index contributed by atoms with van der Waals surface area (Å²) in [6.07, 6.45) is -4.82. The van der Waals surface area contributed by atoms with E-state index < -0.39 is 21.8 Å². The number of ketones is 1. The normalized spacial score (nSPS) is 11.9. The summed E-state index contributed by atoms with van der Waals surface area (Å²) in [7, 11) is -3.88. The molecule has 0 amide bonds. The van der Waals surface area contributed by atoms with Gasteiger partial charge in [-0.3, -0.25) is 9.52 Å². The first-order valence-electron chi connectivity index (χ1n) is 9.09. The number of para-hydroxylation sites is 1. The summed E-state index contributed by atoms with van der Waals surface area (Å²) >= 11 is 3.30. The van der Waals surface area contributed by atoms with E-state index in [1.54, 1.807) is 30.3 Å². The zero-order chi connectivity index (χ0) is 22.6. The van der Waals surface area contributed by atoms with Crippen LogP contribution in [-0.4, -0.2) is 14.2 Å². The van der Waals surface area contributed by atoms with Gasteiger partial charge < -0.3 is 0 Å². The number of alkyl halides is 3. The van der Waals surface area contributed by atoms with Crippen molar-refractivity contribution in [1.82, 2.24) is 0 Å². The summed E-state index contributed by atoms with van der Waals surface area (Å²) in [6.45, 7) is 0. The number of hydrogen-bond donors (Lipinski definition) is 1. The van der Waals surface area contributed by atoms with Crippen molar-refractivity contribution in [3.05, 3.63) is 94.0 Å². The molecule has 0 unspecified atom stereocenters. The Bertz CT molecular complexity index is 1200. The standard InChI is InChI=1S/C22H17BrF3NO3S/c23-21-10-9-20(31(29,30)27-18-7-2-1-3-8-18)14-16(21)13-19(28)12-15-5-4-6-17(11-15)22(24,25)26/h1-11,14,27H,12-13H2. The van der Waals surface area contributed by atoms with Crippen LogP contribution in [0.25, 0.3) is 0 Å². The molecule has 0 heterocycles. The molecule has 0 aromatic heterocycles. The monoisotopic (exact) mass is 511 g/mol. The van der Waals surface area contributed by atoms with Crippen LogP contribution in [0, 0.1) is 0 Å². The smallest absolute Gasteiger partial charge is 0.299 e. The summed E-state index contributed by atoms with van der Waals surface area (Å²) in [6, 6.07) is 17.2. The molecule has 0 saturated carbocycles. The first-order valence-corrected chi connectivity index (χ1v) is 11.4. The highest BCUT2D eigenvalue weighted by atomic mass is 79.9. The fraction of sp³-hybridized carbons (Fsp3) is 0.136. The molecule has 3 rings (SSSR count). The summed E-state index contributed by atoms with van der Waals surface area (Å²) < 4.78 is 66.9. The molecule has 0 aliphatic heterocycles. The molecule has 0 aliphatic carbocycles. The molecule has 1 N–H and O–H groups in total. The van der Waals surface area contributed by atoms with E-state index in [1.807, 2.05) is 0 Å².